The van der Waals surface area contributed by atoms with E-state index in [-0.39, 0.29) is 50.4 Å². The summed E-state index contributed by atoms with van der Waals surface area (Å²) in [5.41, 5.74) is 1.65. The minimum absolute atomic E-state index is 0.00402. The van der Waals surface area contributed by atoms with Crippen molar-refractivity contribution in [2.45, 2.75) is 166 Å². The number of carbonyl (C=O) groups is 3. The fraction of sp³-hybridized carbons (Fsp3) is 0.837. The molecule has 15 atom stereocenters. The van der Waals surface area contributed by atoms with Crippen molar-refractivity contribution in [1.82, 2.24) is 4.90 Å². The number of piperidine rings is 1. The molecule has 0 radical (unpaired) electrons. The number of nitrogens with zero attached hydrogens (tertiary/aromatic N) is 1. The van der Waals surface area contributed by atoms with Crippen molar-refractivity contribution in [3.05, 3.63) is 23.3 Å². The first-order chi connectivity index (χ1) is 27.0. The lowest BCUT2D eigenvalue weighted by Gasteiger charge is -2.47. The van der Waals surface area contributed by atoms with Gasteiger partial charge in [-0.2, -0.15) is 0 Å². The monoisotopic (exact) mass is 807 g/mol. The summed E-state index contributed by atoms with van der Waals surface area (Å²) in [6.07, 6.45) is 3.70. The van der Waals surface area contributed by atoms with Gasteiger partial charge in [0, 0.05) is 52.0 Å². The van der Waals surface area contributed by atoms with E-state index in [0.29, 0.717) is 56.9 Å². The van der Waals surface area contributed by atoms with Gasteiger partial charge in [-0.05, 0) is 94.1 Å². The van der Waals surface area contributed by atoms with Gasteiger partial charge in [-0.1, -0.05) is 39.8 Å². The van der Waals surface area contributed by atoms with E-state index in [1.807, 2.05) is 26.0 Å². The molecule has 0 aromatic rings. The molecule has 5 heterocycles. The van der Waals surface area contributed by atoms with Gasteiger partial charge in [0.2, 0.25) is 5.79 Å². The second-order valence-corrected chi connectivity index (χ2v) is 17.6. The summed E-state index contributed by atoms with van der Waals surface area (Å²) in [4.78, 5) is 44.0. The van der Waals surface area contributed by atoms with Crippen LogP contribution in [0.25, 0.3) is 0 Å². The summed E-state index contributed by atoms with van der Waals surface area (Å²) in [6.45, 7) is 9.47. The van der Waals surface area contributed by atoms with E-state index in [2.05, 4.69) is 6.92 Å². The number of ether oxygens (including phenoxy) is 6. The maximum atomic E-state index is 14.4. The zero-order valence-electron chi connectivity index (χ0n) is 35.3. The van der Waals surface area contributed by atoms with Crippen LogP contribution in [0.5, 0.6) is 0 Å². The number of esters is 1. The number of methoxy groups -OCH3 is 3. The van der Waals surface area contributed by atoms with Gasteiger partial charge < -0.3 is 53.7 Å². The van der Waals surface area contributed by atoms with Gasteiger partial charge in [0.25, 0.3) is 11.7 Å². The third kappa shape index (κ3) is 10.0. The molecule has 1 saturated carbocycles. The van der Waals surface area contributed by atoms with Gasteiger partial charge in [0.05, 0.1) is 37.1 Å². The van der Waals surface area contributed by atoms with E-state index in [1.165, 1.54) is 19.1 Å². The lowest BCUT2D eigenvalue weighted by Crippen LogP contribution is -2.64. The van der Waals surface area contributed by atoms with E-state index in [1.54, 1.807) is 21.0 Å². The highest BCUT2D eigenvalue weighted by Crippen LogP contribution is 2.41. The molecule has 14 nitrogen and oxygen atoms in total. The van der Waals surface area contributed by atoms with Gasteiger partial charge >= 0.3 is 5.97 Å². The van der Waals surface area contributed by atoms with Crippen molar-refractivity contribution in [3.63, 3.8) is 0 Å². The van der Waals surface area contributed by atoms with Crippen LogP contribution < -0.4 is 0 Å². The molecule has 57 heavy (non-hydrogen) atoms. The molecule has 0 spiro atoms. The second kappa shape index (κ2) is 19.4. The number of rotatable bonds is 6. The summed E-state index contributed by atoms with van der Waals surface area (Å²) >= 11 is 0. The molecule has 0 aromatic carbocycles. The first kappa shape index (κ1) is 45.8. The molecule has 1 aliphatic carbocycles. The lowest BCUT2D eigenvalue weighted by atomic mass is 9.80. The number of carbonyl (C=O) groups excluding carboxylic acids is 3. The standard InChI is InChI=1S/C43H69NO13/c1-9-30-20-29-16-24(2)17-35(53-7)38-36(54-8)19-26(4)43(51,57-38)39(47)40(48)44-15-11-10-12-31(44)41(49)56-37(27(5)33(46)22-42(30,50)55-23-29)25(3)18-28-13-14-32(45)34(21-28)52-6/h18,20,24,26-28,30-38,45-46,50-51H,9-17,19,21-23H2,1-8H3/b25-18+/t24-,26+,27+,28-,30+,31?,32+,33-,34?,35-,36-,37+,38+,42?,43+/m0/s1. The third-order valence-corrected chi connectivity index (χ3v) is 13.5. The van der Waals surface area contributed by atoms with E-state index in [9.17, 15) is 34.8 Å². The van der Waals surface area contributed by atoms with Crippen LogP contribution in [0.4, 0.5) is 0 Å². The number of allylic oxidation sites excluding steroid dienone is 1. The Morgan fingerprint density at radius 2 is 1.61 bits per heavy atom. The van der Waals surface area contributed by atoms with E-state index in [4.69, 9.17) is 28.4 Å². The van der Waals surface area contributed by atoms with Gasteiger partial charge in [0.1, 0.15) is 18.2 Å². The molecule has 3 unspecified atom stereocenters. The number of Topliss-reactive ketones (excluding diaryl/α,β-unsaturated/α-hetero) is 1. The van der Waals surface area contributed by atoms with Crippen LogP contribution in [-0.2, 0) is 42.8 Å². The van der Waals surface area contributed by atoms with Gasteiger partial charge in [-0.15, -0.1) is 0 Å². The largest absolute Gasteiger partial charge is 0.456 e. The molecular formula is C43H69NO13. The Bertz CT molecular complexity index is 1470. The molecule has 6 aliphatic rings. The maximum absolute atomic E-state index is 14.4. The van der Waals surface area contributed by atoms with E-state index in [0.717, 1.165) is 5.57 Å². The minimum Gasteiger partial charge on any atom is -0.456 e. The van der Waals surface area contributed by atoms with Crippen molar-refractivity contribution in [2.75, 3.05) is 34.5 Å². The summed E-state index contributed by atoms with van der Waals surface area (Å²) in [5, 5.41) is 46.4. The third-order valence-electron chi connectivity index (χ3n) is 13.5. The average molecular weight is 808 g/mol. The second-order valence-electron chi connectivity index (χ2n) is 17.6. The highest BCUT2D eigenvalue weighted by molar-refractivity contribution is 6.39. The summed E-state index contributed by atoms with van der Waals surface area (Å²) in [5.74, 6) is -9.10. The Morgan fingerprint density at radius 1 is 0.930 bits per heavy atom. The number of hydrogen-bond donors (Lipinski definition) is 4. The Morgan fingerprint density at radius 3 is 2.28 bits per heavy atom. The molecular weight excluding hydrogens is 738 g/mol. The Balaban J connectivity index is 1.55. The lowest BCUT2D eigenvalue weighted by molar-refractivity contribution is -0.302. The predicted molar refractivity (Wildman–Crippen MR) is 208 cm³/mol. The zero-order chi connectivity index (χ0) is 41.8. The molecule has 4 N–H and O–H groups in total. The van der Waals surface area contributed by atoms with Crippen LogP contribution in [0.2, 0.25) is 0 Å². The Kier molecular flexibility index (Phi) is 15.6. The summed E-state index contributed by atoms with van der Waals surface area (Å²) < 4.78 is 36.1. The number of amides is 1. The van der Waals surface area contributed by atoms with Crippen LogP contribution in [0.3, 0.4) is 0 Å². The molecule has 3 saturated heterocycles. The maximum Gasteiger partial charge on any atom is 0.329 e. The number of hydrogen-bond acceptors (Lipinski definition) is 13. The van der Waals surface area contributed by atoms with Crippen LogP contribution in [0, 0.1) is 29.6 Å². The fourth-order valence-corrected chi connectivity index (χ4v) is 9.94. The average Bonchev–Trinajstić information content (AvgIpc) is 3.19. The highest BCUT2D eigenvalue weighted by Gasteiger charge is 2.57. The van der Waals surface area contributed by atoms with Crippen molar-refractivity contribution in [3.8, 4) is 0 Å². The van der Waals surface area contributed by atoms with Crippen LogP contribution in [-0.4, -0.2) is 138 Å². The number of aliphatic hydroxyl groups is 4. The topological polar surface area (TPSA) is 191 Å². The molecule has 5 aliphatic heterocycles. The quantitative estimate of drug-likeness (QED) is 0.173. The smallest absolute Gasteiger partial charge is 0.329 e. The fourth-order valence-electron chi connectivity index (χ4n) is 9.94. The Labute approximate surface area is 338 Å². The normalized spacial score (nSPS) is 43.5. The number of fused-ring (bicyclic) bond motifs is 11. The Hall–Kier alpha value is -2.27. The van der Waals surface area contributed by atoms with Crippen molar-refractivity contribution in [2.24, 2.45) is 29.6 Å². The first-order valence-electron chi connectivity index (χ1n) is 21.1. The van der Waals surface area contributed by atoms with Crippen molar-refractivity contribution < 1.29 is 63.2 Å². The SMILES string of the molecule is CC[C@@H]1C=C2COC1(O)C[C@H](O)[C@@H](C)[C@@H](/C(C)=C/[C@@H]1CC[C@@H](O)C(OC)C1)OC(=O)C1CCCCN1C(=O)C(=O)[C@]1(O)O[C@H]([C@@H](OC)C[C@@H](C)C2)[C@@H](OC)C[C@H]1C. The van der Waals surface area contributed by atoms with Gasteiger partial charge in [0.15, 0.2) is 5.79 Å². The van der Waals surface area contributed by atoms with Crippen LogP contribution in [0.1, 0.15) is 105 Å². The van der Waals surface area contributed by atoms with Gasteiger partial charge in [-0.25, -0.2) is 4.79 Å². The number of aliphatic hydroxyl groups excluding tert-OH is 2. The summed E-state index contributed by atoms with van der Waals surface area (Å²) in [7, 11) is 4.63. The first-order valence-corrected chi connectivity index (χ1v) is 21.1. The van der Waals surface area contributed by atoms with Crippen LogP contribution in [0.15, 0.2) is 23.3 Å². The predicted octanol–water partition coefficient (Wildman–Crippen LogP) is 3.60. The van der Waals surface area contributed by atoms with Crippen LogP contribution >= 0.6 is 0 Å². The van der Waals surface area contributed by atoms with E-state index >= 15 is 0 Å². The minimum atomic E-state index is -2.51. The van der Waals surface area contributed by atoms with Crippen molar-refractivity contribution >= 4 is 17.7 Å². The number of ketones is 1. The molecule has 4 fully saturated rings. The molecule has 6 rings (SSSR count). The molecule has 14 heteroatoms. The molecule has 1 amide bonds. The summed E-state index contributed by atoms with van der Waals surface area (Å²) in [6, 6.07) is -1.14. The van der Waals surface area contributed by atoms with Gasteiger partial charge in [-0.3, -0.25) is 9.59 Å². The highest BCUT2D eigenvalue weighted by atomic mass is 16.7. The van der Waals surface area contributed by atoms with Crippen molar-refractivity contribution in [1.29, 1.82) is 0 Å². The molecule has 324 valence electrons. The molecule has 4 bridgehead atoms. The van der Waals surface area contributed by atoms with E-state index < -0.39 is 89.7 Å². The zero-order valence-corrected chi connectivity index (χ0v) is 35.3. The molecule has 0 aromatic heterocycles.